The van der Waals surface area contributed by atoms with E-state index < -0.39 is 17.7 Å². The Kier molecular flexibility index (Phi) is 7.11. The number of ether oxygens (including phenoxy) is 2. The molecule has 1 N–H and O–H groups in total. The molecule has 2 heterocycles. The Bertz CT molecular complexity index is 1040. The molecule has 33 heavy (non-hydrogen) atoms. The van der Waals surface area contributed by atoms with Crippen molar-refractivity contribution in [1.82, 2.24) is 9.80 Å². The van der Waals surface area contributed by atoms with Crippen LogP contribution in [0.4, 0.5) is 0 Å². The maximum Gasteiger partial charge on any atom is 0.295 e. The molecule has 4 rings (SSSR count). The summed E-state index contributed by atoms with van der Waals surface area (Å²) in [7, 11) is 1.58. The molecule has 174 valence electrons. The summed E-state index contributed by atoms with van der Waals surface area (Å²) in [6, 6.07) is 14.0. The van der Waals surface area contributed by atoms with Crippen molar-refractivity contribution >= 4 is 17.4 Å². The standard InChI is InChI=1S/C26H30N2O5/c1-18-17-20(9-10-21(18)32-2)24(29)22-23(19-7-4-3-5-8-19)28(26(31)25(22)30)12-6-11-27-13-15-33-16-14-27/h3-5,7-10,17,23,29H,6,11-16H2,1-2H3/b24-22+/t23-/m1/s1. The Balaban J connectivity index is 1.66. The van der Waals surface area contributed by atoms with E-state index in [0.717, 1.165) is 50.4 Å². The van der Waals surface area contributed by atoms with E-state index in [1.54, 1.807) is 30.2 Å². The van der Waals surface area contributed by atoms with Crippen molar-refractivity contribution < 1.29 is 24.2 Å². The monoisotopic (exact) mass is 450 g/mol. The van der Waals surface area contributed by atoms with E-state index in [4.69, 9.17) is 9.47 Å². The molecule has 0 spiro atoms. The molecule has 2 fully saturated rings. The van der Waals surface area contributed by atoms with Crippen LogP contribution in [0.2, 0.25) is 0 Å². The van der Waals surface area contributed by atoms with Gasteiger partial charge < -0.3 is 19.5 Å². The maximum atomic E-state index is 13.1. The van der Waals surface area contributed by atoms with Crippen LogP contribution in [0, 0.1) is 6.92 Å². The molecule has 0 saturated carbocycles. The van der Waals surface area contributed by atoms with Crippen LogP contribution in [0.1, 0.15) is 29.2 Å². The van der Waals surface area contributed by atoms with Crippen molar-refractivity contribution in [2.24, 2.45) is 0 Å². The zero-order valence-corrected chi connectivity index (χ0v) is 19.1. The van der Waals surface area contributed by atoms with Gasteiger partial charge in [0.2, 0.25) is 0 Å². The lowest BCUT2D eigenvalue weighted by Gasteiger charge is -2.29. The number of amides is 1. The van der Waals surface area contributed by atoms with Crippen LogP contribution >= 0.6 is 0 Å². The molecule has 0 radical (unpaired) electrons. The molecule has 2 aliphatic heterocycles. The molecule has 0 aromatic heterocycles. The fourth-order valence-electron chi connectivity index (χ4n) is 4.56. The summed E-state index contributed by atoms with van der Waals surface area (Å²) in [6.45, 7) is 6.31. The summed E-state index contributed by atoms with van der Waals surface area (Å²) >= 11 is 0. The van der Waals surface area contributed by atoms with E-state index in [2.05, 4.69) is 4.90 Å². The molecule has 0 bridgehead atoms. The number of rotatable bonds is 7. The summed E-state index contributed by atoms with van der Waals surface area (Å²) in [5.74, 6) is -0.697. The molecule has 0 aliphatic carbocycles. The first-order valence-electron chi connectivity index (χ1n) is 11.3. The van der Waals surface area contributed by atoms with Crippen LogP contribution in [0.25, 0.3) is 5.76 Å². The molecule has 7 heteroatoms. The number of methoxy groups -OCH3 is 1. The van der Waals surface area contributed by atoms with Gasteiger partial charge in [-0.15, -0.1) is 0 Å². The number of carbonyl (C=O) groups excluding carboxylic acids is 2. The highest BCUT2D eigenvalue weighted by Crippen LogP contribution is 2.39. The third-order valence-electron chi connectivity index (χ3n) is 6.30. The van der Waals surface area contributed by atoms with Crippen molar-refractivity contribution in [2.75, 3.05) is 46.5 Å². The highest BCUT2D eigenvalue weighted by atomic mass is 16.5. The molecule has 7 nitrogen and oxygen atoms in total. The number of aryl methyl sites for hydroxylation is 1. The van der Waals surface area contributed by atoms with Crippen molar-refractivity contribution in [1.29, 1.82) is 0 Å². The SMILES string of the molecule is COc1ccc(/C(O)=C2\C(=O)C(=O)N(CCCN3CCOCC3)[C@@H]2c2ccccc2)cc1C. The Labute approximate surface area is 194 Å². The number of ketones is 1. The number of carbonyl (C=O) groups is 2. The molecule has 2 aromatic rings. The molecule has 2 aromatic carbocycles. The normalized spacial score (nSPS) is 20.9. The van der Waals surface area contributed by atoms with Gasteiger partial charge in [-0.2, -0.15) is 0 Å². The van der Waals surface area contributed by atoms with Gasteiger partial charge in [0, 0.05) is 31.7 Å². The predicted octanol–water partition coefficient (Wildman–Crippen LogP) is 3.15. The van der Waals surface area contributed by atoms with Crippen LogP contribution in [-0.4, -0.2) is 73.1 Å². The summed E-state index contributed by atoms with van der Waals surface area (Å²) in [5.41, 5.74) is 2.25. The second-order valence-corrected chi connectivity index (χ2v) is 8.40. The number of hydrogen-bond acceptors (Lipinski definition) is 6. The van der Waals surface area contributed by atoms with E-state index in [1.165, 1.54) is 0 Å². The molecular weight excluding hydrogens is 420 g/mol. The van der Waals surface area contributed by atoms with Crippen molar-refractivity contribution in [3.8, 4) is 5.75 Å². The minimum atomic E-state index is -0.652. The van der Waals surface area contributed by atoms with Gasteiger partial charge in [-0.1, -0.05) is 30.3 Å². The smallest absolute Gasteiger partial charge is 0.295 e. The predicted molar refractivity (Wildman–Crippen MR) is 125 cm³/mol. The molecule has 2 aliphatic rings. The zero-order valence-electron chi connectivity index (χ0n) is 19.1. The Morgan fingerprint density at radius 2 is 1.82 bits per heavy atom. The first-order valence-corrected chi connectivity index (χ1v) is 11.3. The largest absolute Gasteiger partial charge is 0.507 e. The summed E-state index contributed by atoms with van der Waals surface area (Å²) < 4.78 is 10.7. The average Bonchev–Trinajstić information content (AvgIpc) is 3.10. The average molecular weight is 451 g/mol. The zero-order chi connectivity index (χ0) is 23.4. The summed E-state index contributed by atoms with van der Waals surface area (Å²) in [6.07, 6.45) is 0.734. The minimum Gasteiger partial charge on any atom is -0.507 e. The minimum absolute atomic E-state index is 0.127. The van der Waals surface area contributed by atoms with Crippen molar-refractivity contribution in [3.05, 3.63) is 70.8 Å². The van der Waals surface area contributed by atoms with Gasteiger partial charge in [-0.05, 0) is 42.7 Å². The van der Waals surface area contributed by atoms with Crippen LogP contribution in [-0.2, 0) is 14.3 Å². The maximum absolute atomic E-state index is 13.1. The number of Topliss-reactive ketones (excluding diaryl/α,β-unsaturated/α-hetero) is 1. The quantitative estimate of drug-likeness (QED) is 0.397. The number of benzene rings is 2. The van der Waals surface area contributed by atoms with Crippen molar-refractivity contribution in [2.45, 2.75) is 19.4 Å². The van der Waals surface area contributed by atoms with Gasteiger partial charge >= 0.3 is 0 Å². The number of nitrogens with zero attached hydrogens (tertiary/aromatic N) is 2. The highest BCUT2D eigenvalue weighted by molar-refractivity contribution is 6.46. The highest BCUT2D eigenvalue weighted by Gasteiger charge is 2.45. The lowest BCUT2D eigenvalue weighted by atomic mass is 9.95. The fourth-order valence-corrected chi connectivity index (χ4v) is 4.56. The number of morpholine rings is 1. The molecular formula is C26H30N2O5. The first-order chi connectivity index (χ1) is 16.0. The van der Waals surface area contributed by atoms with E-state index in [0.29, 0.717) is 17.9 Å². The molecule has 1 atom stereocenters. The van der Waals surface area contributed by atoms with E-state index in [-0.39, 0.29) is 11.3 Å². The van der Waals surface area contributed by atoms with Crippen LogP contribution in [0.3, 0.4) is 0 Å². The van der Waals surface area contributed by atoms with Crippen LogP contribution in [0.5, 0.6) is 5.75 Å². The third-order valence-corrected chi connectivity index (χ3v) is 6.30. The van der Waals surface area contributed by atoms with Gasteiger partial charge in [0.05, 0.1) is 31.9 Å². The summed E-state index contributed by atoms with van der Waals surface area (Å²) in [5, 5.41) is 11.2. The fraction of sp³-hybridized carbons (Fsp3) is 0.385. The Morgan fingerprint density at radius 3 is 2.48 bits per heavy atom. The van der Waals surface area contributed by atoms with Gasteiger partial charge in [-0.3, -0.25) is 14.5 Å². The Hall–Kier alpha value is -3.16. The number of hydrogen-bond donors (Lipinski definition) is 1. The lowest BCUT2D eigenvalue weighted by Crippen LogP contribution is -2.38. The van der Waals surface area contributed by atoms with Crippen LogP contribution in [0.15, 0.2) is 54.1 Å². The van der Waals surface area contributed by atoms with Gasteiger partial charge in [0.1, 0.15) is 11.5 Å². The van der Waals surface area contributed by atoms with Crippen molar-refractivity contribution in [3.63, 3.8) is 0 Å². The van der Waals surface area contributed by atoms with E-state index in [1.807, 2.05) is 37.3 Å². The van der Waals surface area contributed by atoms with E-state index >= 15 is 0 Å². The molecule has 0 unspecified atom stereocenters. The molecule has 1 amide bonds. The van der Waals surface area contributed by atoms with Crippen LogP contribution < -0.4 is 4.74 Å². The Morgan fingerprint density at radius 1 is 1.09 bits per heavy atom. The third kappa shape index (κ3) is 4.79. The van der Waals surface area contributed by atoms with Gasteiger partial charge in [-0.25, -0.2) is 0 Å². The second-order valence-electron chi connectivity index (χ2n) is 8.40. The topological polar surface area (TPSA) is 79.3 Å². The number of aliphatic hydroxyl groups is 1. The first kappa shape index (κ1) is 23.0. The number of aliphatic hydroxyl groups excluding tert-OH is 1. The summed E-state index contributed by atoms with van der Waals surface area (Å²) in [4.78, 5) is 30.1. The second kappa shape index (κ2) is 10.2. The van der Waals surface area contributed by atoms with Gasteiger partial charge in [0.25, 0.3) is 11.7 Å². The number of likely N-dealkylation sites (tertiary alicyclic amines) is 1. The molecule has 2 saturated heterocycles. The van der Waals surface area contributed by atoms with Gasteiger partial charge in [0.15, 0.2) is 0 Å². The lowest BCUT2D eigenvalue weighted by molar-refractivity contribution is -0.140. The van der Waals surface area contributed by atoms with E-state index in [9.17, 15) is 14.7 Å².